The molecular weight excluding hydrogens is 609 g/mol. The summed E-state index contributed by atoms with van der Waals surface area (Å²) in [6, 6.07) is 27.8. The van der Waals surface area contributed by atoms with E-state index in [9.17, 15) is 9.59 Å². The van der Waals surface area contributed by atoms with Crippen molar-refractivity contribution in [1.82, 2.24) is 10.4 Å². The van der Waals surface area contributed by atoms with Crippen molar-refractivity contribution in [1.29, 1.82) is 0 Å². The fraction of sp³-hybridized carbons (Fsp3) is 0.133. The summed E-state index contributed by atoms with van der Waals surface area (Å²) < 4.78 is 18.2. The van der Waals surface area contributed by atoms with E-state index in [1.807, 2.05) is 60.7 Å². The van der Waals surface area contributed by atoms with Gasteiger partial charge >= 0.3 is 0 Å². The van der Waals surface area contributed by atoms with Crippen molar-refractivity contribution >= 4 is 40.1 Å². The molecule has 0 bridgehead atoms. The zero-order chi connectivity index (χ0) is 26.8. The Morgan fingerprint density at radius 3 is 2.51 bits per heavy atom. The topological polar surface area (TPSA) is 89.1 Å². The third-order valence-electron chi connectivity index (χ3n) is 6.45. The molecule has 39 heavy (non-hydrogen) atoms. The predicted molar refractivity (Wildman–Crippen MR) is 154 cm³/mol. The lowest BCUT2D eigenvalue weighted by Gasteiger charge is -2.38. The Hall–Kier alpha value is -4.25. The highest BCUT2D eigenvalue weighted by Crippen LogP contribution is 2.37. The van der Waals surface area contributed by atoms with Crippen LogP contribution in [-0.2, 0) is 6.61 Å². The largest absolute Gasteiger partial charge is 0.489 e. The summed E-state index contributed by atoms with van der Waals surface area (Å²) in [5.74, 6) is 1.14. The number of carbonyl (C=O) groups excluding carboxylic acids is 2. The molecule has 2 amide bonds. The van der Waals surface area contributed by atoms with Gasteiger partial charge in [-0.15, -0.1) is 0 Å². The Morgan fingerprint density at radius 2 is 1.72 bits per heavy atom. The lowest BCUT2D eigenvalue weighted by Crippen LogP contribution is -2.52. The lowest BCUT2D eigenvalue weighted by atomic mass is 10.0. The van der Waals surface area contributed by atoms with Crippen LogP contribution in [0, 0.1) is 3.57 Å². The van der Waals surface area contributed by atoms with Crippen molar-refractivity contribution in [3.05, 3.63) is 117 Å². The van der Waals surface area contributed by atoms with Crippen molar-refractivity contribution in [3.8, 4) is 17.2 Å². The molecule has 0 unspecified atom stereocenters. The first kappa shape index (κ1) is 25.1. The van der Waals surface area contributed by atoms with Crippen LogP contribution in [0.25, 0.3) is 0 Å². The molecule has 8 nitrogen and oxygen atoms in total. The maximum absolute atomic E-state index is 13.7. The number of rotatable bonds is 6. The molecule has 2 aliphatic heterocycles. The van der Waals surface area contributed by atoms with E-state index in [0.717, 1.165) is 14.7 Å². The molecule has 0 saturated heterocycles. The highest BCUT2D eigenvalue weighted by Gasteiger charge is 2.35. The zero-order valence-corrected chi connectivity index (χ0v) is 22.9. The smallest absolute Gasteiger partial charge is 0.276 e. The molecule has 0 aliphatic carbocycles. The summed E-state index contributed by atoms with van der Waals surface area (Å²) in [4.78, 5) is 27.0. The van der Waals surface area contributed by atoms with E-state index < -0.39 is 12.1 Å². The van der Waals surface area contributed by atoms with Crippen LogP contribution >= 0.6 is 22.6 Å². The minimum atomic E-state index is -0.668. The van der Waals surface area contributed by atoms with Crippen molar-refractivity contribution in [2.45, 2.75) is 12.8 Å². The van der Waals surface area contributed by atoms with Crippen molar-refractivity contribution < 1.29 is 23.8 Å². The van der Waals surface area contributed by atoms with Gasteiger partial charge in [-0.25, -0.2) is 5.01 Å². The molecule has 2 N–H and O–H groups in total. The highest BCUT2D eigenvalue weighted by molar-refractivity contribution is 14.1. The van der Waals surface area contributed by atoms with Crippen LogP contribution in [0.3, 0.4) is 0 Å². The normalized spacial score (nSPS) is 15.7. The second-order valence-corrected chi connectivity index (χ2v) is 10.3. The third-order valence-corrected chi connectivity index (χ3v) is 7.12. The lowest BCUT2D eigenvalue weighted by molar-refractivity contribution is 0.0490. The van der Waals surface area contributed by atoms with Gasteiger partial charge in [0.1, 0.15) is 31.7 Å². The van der Waals surface area contributed by atoms with Gasteiger partial charge < -0.3 is 19.5 Å². The number of nitrogens with zero attached hydrogens (tertiary/aromatic N) is 1. The highest BCUT2D eigenvalue weighted by atomic mass is 127. The second kappa shape index (κ2) is 10.9. The quantitative estimate of drug-likeness (QED) is 0.271. The van der Waals surface area contributed by atoms with Gasteiger partial charge in [0.25, 0.3) is 11.8 Å². The Bertz CT molecular complexity index is 1530. The molecule has 9 heteroatoms. The summed E-state index contributed by atoms with van der Waals surface area (Å²) in [6.45, 7) is 1.35. The molecule has 6 rings (SSSR count). The van der Waals surface area contributed by atoms with Crippen LogP contribution in [0.1, 0.15) is 38.0 Å². The Morgan fingerprint density at radius 1 is 0.949 bits per heavy atom. The number of amides is 2. The van der Waals surface area contributed by atoms with Gasteiger partial charge in [-0.3, -0.25) is 15.0 Å². The van der Waals surface area contributed by atoms with Crippen LogP contribution in [0.15, 0.2) is 91.0 Å². The van der Waals surface area contributed by atoms with Crippen molar-refractivity contribution in [2.24, 2.45) is 0 Å². The first-order valence-electron chi connectivity index (χ1n) is 12.4. The van der Waals surface area contributed by atoms with Crippen molar-refractivity contribution in [3.63, 3.8) is 0 Å². The first-order chi connectivity index (χ1) is 19.0. The fourth-order valence-electron chi connectivity index (χ4n) is 4.47. The number of fused-ring (bicyclic) bond motifs is 2. The van der Waals surface area contributed by atoms with E-state index in [2.05, 4.69) is 33.3 Å². The van der Waals surface area contributed by atoms with Crippen LogP contribution < -0.4 is 25.0 Å². The molecule has 2 heterocycles. The monoisotopic (exact) mass is 633 g/mol. The number of anilines is 1. The molecule has 0 radical (unpaired) electrons. The van der Waals surface area contributed by atoms with Gasteiger partial charge in [-0.1, -0.05) is 36.4 Å². The van der Waals surface area contributed by atoms with Crippen LogP contribution in [-0.4, -0.2) is 30.0 Å². The maximum Gasteiger partial charge on any atom is 0.276 e. The number of hydrogen-bond acceptors (Lipinski definition) is 6. The maximum atomic E-state index is 13.7. The Labute approximate surface area is 239 Å². The fourth-order valence-corrected chi connectivity index (χ4v) is 4.96. The van der Waals surface area contributed by atoms with E-state index in [1.54, 1.807) is 30.3 Å². The molecular formula is C30H24IN3O5. The van der Waals surface area contributed by atoms with Gasteiger partial charge in [0, 0.05) is 20.4 Å². The minimum Gasteiger partial charge on any atom is -0.489 e. The number of halogens is 1. The first-order valence-corrected chi connectivity index (χ1v) is 13.5. The Balaban J connectivity index is 1.24. The molecule has 0 saturated carbocycles. The van der Waals surface area contributed by atoms with E-state index in [0.29, 0.717) is 53.9 Å². The number of benzene rings is 4. The van der Waals surface area contributed by atoms with E-state index in [-0.39, 0.29) is 5.91 Å². The van der Waals surface area contributed by atoms with E-state index >= 15 is 0 Å². The molecule has 1 atom stereocenters. The zero-order valence-electron chi connectivity index (χ0n) is 20.7. The van der Waals surface area contributed by atoms with Gasteiger partial charge in [-0.2, -0.15) is 0 Å². The average molecular weight is 633 g/mol. The predicted octanol–water partition coefficient (Wildman–Crippen LogP) is 5.55. The number of hydrogen-bond donors (Lipinski definition) is 2. The Kier molecular flexibility index (Phi) is 6.97. The summed E-state index contributed by atoms with van der Waals surface area (Å²) in [6.07, 6.45) is -0.668. The summed E-state index contributed by atoms with van der Waals surface area (Å²) >= 11 is 2.16. The minimum absolute atomic E-state index is 0.321. The molecule has 0 fully saturated rings. The van der Waals surface area contributed by atoms with Crippen LogP contribution in [0.4, 0.5) is 5.69 Å². The second-order valence-electron chi connectivity index (χ2n) is 9.05. The van der Waals surface area contributed by atoms with E-state index in [4.69, 9.17) is 14.2 Å². The summed E-state index contributed by atoms with van der Waals surface area (Å²) in [5, 5.41) is 4.72. The van der Waals surface area contributed by atoms with E-state index in [1.165, 1.54) is 5.01 Å². The number of ether oxygens (including phenoxy) is 3. The molecule has 4 aromatic rings. The number of nitrogens with one attached hydrogen (secondary N) is 2. The van der Waals surface area contributed by atoms with Gasteiger partial charge in [0.05, 0.1) is 5.56 Å². The average Bonchev–Trinajstić information content (AvgIpc) is 2.98. The van der Waals surface area contributed by atoms with Crippen LogP contribution in [0.2, 0.25) is 0 Å². The SMILES string of the molecule is O=C(NN1C(=O)c2cc(I)ccc2N[C@@H]1c1ccc2c(c1)OCCO2)c1ccc(OCc2ccccc2)cc1. The number of hydrazine groups is 1. The van der Waals surface area contributed by atoms with Crippen LogP contribution in [0.5, 0.6) is 17.2 Å². The molecule has 0 spiro atoms. The molecule has 196 valence electrons. The van der Waals surface area contributed by atoms with Gasteiger partial charge in [-0.05, 0) is 82.8 Å². The van der Waals surface area contributed by atoms with Gasteiger partial charge in [0.15, 0.2) is 11.5 Å². The number of carbonyl (C=O) groups is 2. The molecule has 2 aliphatic rings. The molecule has 4 aromatic carbocycles. The summed E-state index contributed by atoms with van der Waals surface area (Å²) in [5.41, 5.74) is 6.16. The van der Waals surface area contributed by atoms with Gasteiger partial charge in [0.2, 0.25) is 0 Å². The summed E-state index contributed by atoms with van der Waals surface area (Å²) in [7, 11) is 0. The standard InChI is InChI=1S/C30H24IN3O5/c31-22-9-12-25-24(17-22)30(36)34(28(32-25)21-8-13-26-27(16-21)38-15-14-37-26)33-29(35)20-6-10-23(11-7-20)39-18-19-4-2-1-3-5-19/h1-13,16-17,28,32H,14-15,18H2,(H,33,35)/t28-/m0/s1. The molecule has 0 aromatic heterocycles. The van der Waals surface area contributed by atoms with Crippen molar-refractivity contribution in [2.75, 3.05) is 18.5 Å². The third kappa shape index (κ3) is 5.35.